The molecule has 1 aliphatic rings. The third-order valence-electron chi connectivity index (χ3n) is 6.42. The molecule has 38 heavy (non-hydrogen) atoms. The highest BCUT2D eigenvalue weighted by atomic mass is 35.5. The summed E-state index contributed by atoms with van der Waals surface area (Å²) in [5, 5.41) is 8.84. The topological polar surface area (TPSA) is 113 Å². The molecule has 0 saturated carbocycles. The number of likely N-dealkylation sites (tertiary alicyclic amines) is 1. The van der Waals surface area contributed by atoms with Crippen LogP contribution >= 0.6 is 11.6 Å². The molecule has 1 aliphatic heterocycles. The predicted molar refractivity (Wildman–Crippen MR) is 148 cm³/mol. The maximum absolute atomic E-state index is 13.0. The second-order valence-electron chi connectivity index (χ2n) is 9.02. The van der Waals surface area contributed by atoms with Crippen LogP contribution in [0.15, 0.2) is 60.8 Å². The number of hydrogen-bond donors (Lipinski definition) is 3. The zero-order chi connectivity index (χ0) is 27.1. The zero-order valence-corrected chi connectivity index (χ0v) is 22.0. The highest BCUT2D eigenvalue weighted by molar-refractivity contribution is 6.30. The molecule has 10 heteroatoms. The van der Waals surface area contributed by atoms with Gasteiger partial charge in [-0.25, -0.2) is 4.98 Å². The van der Waals surface area contributed by atoms with Crippen molar-refractivity contribution in [2.24, 2.45) is 0 Å². The number of nitrogens with one attached hydrogen (secondary N) is 3. The molecule has 4 rings (SSSR count). The number of benzene rings is 2. The van der Waals surface area contributed by atoms with E-state index in [2.05, 4.69) is 25.8 Å². The first-order valence-corrected chi connectivity index (χ1v) is 12.8. The van der Waals surface area contributed by atoms with Gasteiger partial charge in [-0.2, -0.15) is 0 Å². The van der Waals surface area contributed by atoms with Crippen molar-refractivity contribution in [1.82, 2.24) is 9.88 Å². The van der Waals surface area contributed by atoms with Gasteiger partial charge >= 0.3 is 0 Å². The molecule has 0 spiro atoms. The normalized spacial score (nSPS) is 14.3. The molecule has 1 aromatic heterocycles. The first kappa shape index (κ1) is 27.1. The number of rotatable bonds is 8. The molecular weight excluding hydrogens is 506 g/mol. The second kappa shape index (κ2) is 12.5. The SMILES string of the molecule is COc1ccc(NC(=O)c2ccc(NC(=O)C(C)N3CCCCC3)cc2)c(C(=O)Nc2ccc(Cl)cn2)c1. The molecular formula is C28H30ClN5O4. The minimum atomic E-state index is -0.477. The number of anilines is 3. The highest BCUT2D eigenvalue weighted by Crippen LogP contribution is 2.24. The van der Waals surface area contributed by atoms with Gasteiger partial charge in [0.25, 0.3) is 11.8 Å². The van der Waals surface area contributed by atoms with Crippen molar-refractivity contribution in [3.63, 3.8) is 0 Å². The van der Waals surface area contributed by atoms with Crippen LogP contribution in [0.25, 0.3) is 0 Å². The van der Waals surface area contributed by atoms with Crippen molar-refractivity contribution in [3.05, 3.63) is 76.9 Å². The van der Waals surface area contributed by atoms with Crippen molar-refractivity contribution in [1.29, 1.82) is 0 Å². The largest absolute Gasteiger partial charge is 0.497 e. The first-order chi connectivity index (χ1) is 18.3. The highest BCUT2D eigenvalue weighted by Gasteiger charge is 2.23. The van der Waals surface area contributed by atoms with Crippen molar-refractivity contribution in [2.45, 2.75) is 32.2 Å². The van der Waals surface area contributed by atoms with Crippen LogP contribution in [0.1, 0.15) is 46.9 Å². The van der Waals surface area contributed by atoms with E-state index in [1.807, 2.05) is 6.92 Å². The number of aromatic nitrogens is 1. The van der Waals surface area contributed by atoms with E-state index in [0.717, 1.165) is 25.9 Å². The molecule has 3 amide bonds. The Morgan fingerprint density at radius 1 is 0.921 bits per heavy atom. The monoisotopic (exact) mass is 535 g/mol. The molecule has 1 fully saturated rings. The molecule has 1 saturated heterocycles. The van der Waals surface area contributed by atoms with Crippen LogP contribution < -0.4 is 20.7 Å². The standard InChI is InChI=1S/C28H30ClN5O4/c1-18(34-14-4-3-5-15-34)26(35)31-21-9-6-19(7-10-21)27(36)32-24-12-11-22(38-2)16-23(24)28(37)33-25-13-8-20(29)17-30-25/h6-13,16-18H,3-5,14-15H2,1-2H3,(H,31,35)(H,32,36)(H,30,33,37). The lowest BCUT2D eigenvalue weighted by atomic mass is 10.1. The van der Waals surface area contributed by atoms with E-state index >= 15 is 0 Å². The van der Waals surface area contributed by atoms with E-state index in [9.17, 15) is 14.4 Å². The van der Waals surface area contributed by atoms with Crippen LogP contribution in [0.5, 0.6) is 5.75 Å². The van der Waals surface area contributed by atoms with Gasteiger partial charge in [0.05, 0.1) is 29.4 Å². The number of halogens is 1. The van der Waals surface area contributed by atoms with Gasteiger partial charge < -0.3 is 20.7 Å². The van der Waals surface area contributed by atoms with Gasteiger partial charge in [0.1, 0.15) is 11.6 Å². The fourth-order valence-corrected chi connectivity index (χ4v) is 4.31. The van der Waals surface area contributed by atoms with Gasteiger partial charge in [-0.05, 0) is 87.5 Å². The molecule has 2 aromatic carbocycles. The van der Waals surface area contributed by atoms with Crippen LogP contribution in [-0.4, -0.2) is 53.8 Å². The second-order valence-corrected chi connectivity index (χ2v) is 9.46. The van der Waals surface area contributed by atoms with Crippen molar-refractivity contribution in [3.8, 4) is 5.75 Å². The minimum Gasteiger partial charge on any atom is -0.497 e. The number of nitrogens with zero attached hydrogens (tertiary/aromatic N) is 2. The number of methoxy groups -OCH3 is 1. The summed E-state index contributed by atoms with van der Waals surface area (Å²) in [7, 11) is 1.49. The zero-order valence-electron chi connectivity index (χ0n) is 21.3. The number of carbonyl (C=O) groups is 3. The van der Waals surface area contributed by atoms with Gasteiger partial charge in [0, 0.05) is 17.4 Å². The summed E-state index contributed by atoms with van der Waals surface area (Å²) >= 11 is 5.86. The quantitative estimate of drug-likeness (QED) is 0.371. The predicted octanol–water partition coefficient (Wildman–Crippen LogP) is 5.06. The van der Waals surface area contributed by atoms with Crippen LogP contribution in [0.4, 0.5) is 17.2 Å². The van der Waals surface area contributed by atoms with Gasteiger partial charge in [0.2, 0.25) is 5.91 Å². The molecule has 198 valence electrons. The van der Waals surface area contributed by atoms with E-state index in [-0.39, 0.29) is 17.5 Å². The fourth-order valence-electron chi connectivity index (χ4n) is 4.20. The molecule has 3 aromatic rings. The van der Waals surface area contributed by atoms with Crippen LogP contribution in [0, 0.1) is 0 Å². The molecule has 1 atom stereocenters. The van der Waals surface area contributed by atoms with Crippen molar-refractivity contribution < 1.29 is 19.1 Å². The molecule has 0 aliphatic carbocycles. The Bertz CT molecular complexity index is 1290. The number of amides is 3. The molecule has 3 N–H and O–H groups in total. The summed E-state index contributed by atoms with van der Waals surface area (Å²) < 4.78 is 5.25. The lowest BCUT2D eigenvalue weighted by Gasteiger charge is -2.31. The van der Waals surface area contributed by atoms with Crippen LogP contribution in [0.3, 0.4) is 0 Å². The lowest BCUT2D eigenvalue weighted by Crippen LogP contribution is -2.44. The Morgan fingerprint density at radius 2 is 1.66 bits per heavy atom. The summed E-state index contributed by atoms with van der Waals surface area (Å²) in [6.07, 6.45) is 4.84. The number of piperidine rings is 1. The van der Waals surface area contributed by atoms with E-state index in [4.69, 9.17) is 16.3 Å². The third-order valence-corrected chi connectivity index (χ3v) is 6.64. The smallest absolute Gasteiger partial charge is 0.259 e. The summed E-state index contributed by atoms with van der Waals surface area (Å²) in [6, 6.07) is 14.4. The van der Waals surface area contributed by atoms with Gasteiger partial charge in [-0.3, -0.25) is 19.3 Å². The van der Waals surface area contributed by atoms with Gasteiger partial charge in [-0.1, -0.05) is 18.0 Å². The molecule has 9 nitrogen and oxygen atoms in total. The van der Waals surface area contributed by atoms with Gasteiger partial charge in [-0.15, -0.1) is 0 Å². The number of pyridine rings is 1. The minimum absolute atomic E-state index is 0.0758. The molecule has 1 unspecified atom stereocenters. The summed E-state index contributed by atoms with van der Waals surface area (Å²) in [6.45, 7) is 3.76. The number of hydrogen-bond acceptors (Lipinski definition) is 6. The molecule has 0 radical (unpaired) electrons. The van der Waals surface area contributed by atoms with E-state index < -0.39 is 11.8 Å². The fraction of sp³-hybridized carbons (Fsp3) is 0.286. The summed E-state index contributed by atoms with van der Waals surface area (Å²) in [5.74, 6) is -0.195. The Morgan fingerprint density at radius 3 is 2.32 bits per heavy atom. The Hall–Kier alpha value is -3.95. The number of ether oxygens (including phenoxy) is 1. The first-order valence-electron chi connectivity index (χ1n) is 12.4. The van der Waals surface area contributed by atoms with Gasteiger partial charge in [0.15, 0.2) is 0 Å². The maximum Gasteiger partial charge on any atom is 0.259 e. The Kier molecular flexibility index (Phi) is 8.93. The molecule has 2 heterocycles. The number of carbonyl (C=O) groups excluding carboxylic acids is 3. The van der Waals surface area contributed by atoms with Crippen molar-refractivity contribution in [2.75, 3.05) is 36.1 Å². The summed E-state index contributed by atoms with van der Waals surface area (Å²) in [5.41, 5.74) is 1.48. The Labute approximate surface area is 226 Å². The van der Waals surface area contributed by atoms with E-state index in [1.54, 1.807) is 48.5 Å². The third kappa shape index (κ3) is 6.87. The molecule has 0 bridgehead atoms. The van der Waals surface area contributed by atoms with E-state index in [1.165, 1.54) is 25.8 Å². The van der Waals surface area contributed by atoms with Crippen LogP contribution in [0.2, 0.25) is 5.02 Å². The van der Waals surface area contributed by atoms with E-state index in [0.29, 0.717) is 33.5 Å². The average Bonchev–Trinajstić information content (AvgIpc) is 2.94. The average molecular weight is 536 g/mol. The van der Waals surface area contributed by atoms with Crippen LogP contribution in [-0.2, 0) is 4.79 Å². The Balaban J connectivity index is 1.43. The summed E-state index contributed by atoms with van der Waals surface area (Å²) in [4.78, 5) is 44.9. The van der Waals surface area contributed by atoms with Crippen molar-refractivity contribution >= 4 is 46.5 Å². The lowest BCUT2D eigenvalue weighted by molar-refractivity contribution is -0.121. The maximum atomic E-state index is 13.0.